The third kappa shape index (κ3) is 6.13. The second-order valence-electron chi connectivity index (χ2n) is 12.9. The molecule has 0 fully saturated rings. The topological polar surface area (TPSA) is 61.7 Å². The molecule has 53 heavy (non-hydrogen) atoms. The first-order chi connectivity index (χ1) is 26.2. The monoisotopic (exact) mass is 679 g/mol. The molecule has 0 saturated carbocycles. The Kier molecular flexibility index (Phi) is 8.31. The lowest BCUT2D eigenvalue weighted by atomic mass is 9.86. The van der Waals surface area contributed by atoms with Gasteiger partial charge in [0.15, 0.2) is 11.7 Å². The number of nitrogens with one attached hydrogen (secondary N) is 1. The van der Waals surface area contributed by atoms with E-state index in [1.807, 2.05) is 72.8 Å². The summed E-state index contributed by atoms with van der Waals surface area (Å²) in [5, 5.41) is 13.5. The molecule has 0 amide bonds. The summed E-state index contributed by atoms with van der Waals surface area (Å²) in [6.45, 7) is 0. The summed E-state index contributed by atoms with van der Waals surface area (Å²) in [4.78, 5) is 9.73. The van der Waals surface area contributed by atoms with Crippen molar-refractivity contribution in [3.63, 3.8) is 0 Å². The average molecular weight is 680 g/mol. The lowest BCUT2D eigenvalue weighted by molar-refractivity contribution is 0.668. The highest BCUT2D eigenvalue weighted by atomic mass is 16.3. The number of amidine groups is 2. The van der Waals surface area contributed by atoms with Gasteiger partial charge in [0.05, 0.1) is 5.56 Å². The van der Waals surface area contributed by atoms with Gasteiger partial charge in [-0.1, -0.05) is 176 Å². The smallest absolute Gasteiger partial charge is 0.161 e. The number of para-hydroxylation sites is 2. The van der Waals surface area contributed by atoms with E-state index < -0.39 is 0 Å². The van der Waals surface area contributed by atoms with E-state index in [-0.39, 0.29) is 5.84 Å². The van der Waals surface area contributed by atoms with Gasteiger partial charge in [-0.2, -0.15) is 0 Å². The summed E-state index contributed by atoms with van der Waals surface area (Å²) in [5.41, 5.74) is 10.7. The van der Waals surface area contributed by atoms with Crippen LogP contribution in [0.3, 0.4) is 0 Å². The third-order valence-corrected chi connectivity index (χ3v) is 9.68. The van der Waals surface area contributed by atoms with Crippen LogP contribution in [0.15, 0.2) is 202 Å². The van der Waals surface area contributed by atoms with Crippen LogP contribution < -0.4 is 0 Å². The molecule has 1 aromatic heterocycles. The molecule has 0 saturated heterocycles. The number of benzene rings is 8. The summed E-state index contributed by atoms with van der Waals surface area (Å²) in [6, 6.07) is 64.3. The molecule has 0 atom stereocenters. The van der Waals surface area contributed by atoms with Crippen LogP contribution in [-0.4, -0.2) is 17.9 Å². The second kappa shape index (κ2) is 13.9. The zero-order chi connectivity index (χ0) is 35.6. The van der Waals surface area contributed by atoms with Crippen molar-refractivity contribution < 1.29 is 4.42 Å². The fourth-order valence-corrected chi connectivity index (χ4v) is 7.12. The van der Waals surface area contributed by atoms with Crippen molar-refractivity contribution >= 4 is 50.6 Å². The van der Waals surface area contributed by atoms with E-state index in [0.29, 0.717) is 17.0 Å². The van der Waals surface area contributed by atoms with Gasteiger partial charge in [0, 0.05) is 22.6 Å². The van der Waals surface area contributed by atoms with Gasteiger partial charge in [-0.25, -0.2) is 9.98 Å². The normalized spacial score (nSPS) is 11.9. The van der Waals surface area contributed by atoms with E-state index in [1.165, 1.54) is 27.5 Å². The van der Waals surface area contributed by atoms with Crippen LogP contribution in [0, 0.1) is 5.41 Å². The number of furan rings is 1. The molecule has 4 heteroatoms. The highest BCUT2D eigenvalue weighted by molar-refractivity contribution is 6.19. The third-order valence-electron chi connectivity index (χ3n) is 9.68. The Morgan fingerprint density at radius 2 is 1.15 bits per heavy atom. The summed E-state index contributed by atoms with van der Waals surface area (Å²) in [7, 11) is 0. The maximum absolute atomic E-state index is 9.21. The predicted molar refractivity (Wildman–Crippen MR) is 221 cm³/mol. The first kappa shape index (κ1) is 31.8. The minimum absolute atomic E-state index is 0.0767. The standard InChI is InChI=1S/C49H33N3O/c50-48(44-24-13-23-43-41-22-11-12-25-45(41)53-47(43)44)52-49(51-32-33-14-3-1-4-15-33)37-28-26-36(27-29-37)46-39-20-8-7-18-35(39)30-31-42(46)40-21-10-9-19-38(40)34-16-5-2-6-17-34/h1-32,50H. The van der Waals surface area contributed by atoms with E-state index in [9.17, 15) is 5.41 Å². The van der Waals surface area contributed by atoms with Crippen molar-refractivity contribution in [2.75, 3.05) is 0 Å². The molecule has 0 unspecified atom stereocenters. The lowest BCUT2D eigenvalue weighted by Crippen LogP contribution is -2.05. The van der Waals surface area contributed by atoms with Crippen LogP contribution in [0.2, 0.25) is 0 Å². The van der Waals surface area contributed by atoms with Gasteiger partial charge in [-0.15, -0.1) is 0 Å². The van der Waals surface area contributed by atoms with Crippen LogP contribution in [-0.2, 0) is 0 Å². The molecule has 9 aromatic rings. The SMILES string of the molecule is N=C(N=C(N=Cc1ccccc1)c1ccc(-c2c(-c3ccccc3-c3ccccc3)ccc3ccccc23)cc1)c1cccc2c1oc1ccccc12. The van der Waals surface area contributed by atoms with Gasteiger partial charge in [0.1, 0.15) is 11.2 Å². The number of fused-ring (bicyclic) bond motifs is 4. The number of aliphatic imine (C=N–C) groups is 2. The molecule has 0 aliphatic carbocycles. The van der Waals surface area contributed by atoms with E-state index in [2.05, 4.69) is 115 Å². The van der Waals surface area contributed by atoms with Crippen LogP contribution in [0.4, 0.5) is 0 Å². The number of rotatable bonds is 6. The first-order valence-corrected chi connectivity index (χ1v) is 17.7. The Morgan fingerprint density at radius 1 is 0.491 bits per heavy atom. The summed E-state index contributed by atoms with van der Waals surface area (Å²) in [5.74, 6) is 0.513. The maximum atomic E-state index is 9.21. The van der Waals surface area contributed by atoms with Crippen LogP contribution in [0.1, 0.15) is 16.7 Å². The average Bonchev–Trinajstić information content (AvgIpc) is 3.62. The molecular formula is C49H33N3O. The van der Waals surface area contributed by atoms with E-state index >= 15 is 0 Å². The zero-order valence-corrected chi connectivity index (χ0v) is 28.8. The highest BCUT2D eigenvalue weighted by Crippen LogP contribution is 2.42. The molecule has 1 N–H and O–H groups in total. The molecular weight excluding hydrogens is 647 g/mol. The Bertz CT molecular complexity index is 2830. The Morgan fingerprint density at radius 3 is 1.96 bits per heavy atom. The molecule has 0 spiro atoms. The molecule has 0 radical (unpaired) electrons. The van der Waals surface area contributed by atoms with E-state index in [1.54, 1.807) is 6.21 Å². The van der Waals surface area contributed by atoms with E-state index in [0.717, 1.165) is 44.2 Å². The van der Waals surface area contributed by atoms with Crippen LogP contribution in [0.5, 0.6) is 0 Å². The van der Waals surface area contributed by atoms with Gasteiger partial charge in [-0.05, 0) is 61.8 Å². The van der Waals surface area contributed by atoms with Gasteiger partial charge in [-0.3, -0.25) is 5.41 Å². The van der Waals surface area contributed by atoms with Crippen molar-refractivity contribution in [1.29, 1.82) is 5.41 Å². The zero-order valence-electron chi connectivity index (χ0n) is 28.8. The largest absolute Gasteiger partial charge is 0.455 e. The van der Waals surface area contributed by atoms with Gasteiger partial charge >= 0.3 is 0 Å². The van der Waals surface area contributed by atoms with Crippen molar-refractivity contribution in [1.82, 2.24) is 0 Å². The molecule has 0 aliphatic rings. The molecule has 250 valence electrons. The molecule has 1 heterocycles. The number of nitrogens with zero attached hydrogens (tertiary/aromatic N) is 2. The number of hydrogen-bond acceptors (Lipinski definition) is 2. The Labute approximate surface area is 307 Å². The van der Waals surface area contributed by atoms with Crippen molar-refractivity contribution in [3.8, 4) is 33.4 Å². The predicted octanol–water partition coefficient (Wildman–Crippen LogP) is 12.6. The minimum Gasteiger partial charge on any atom is -0.455 e. The van der Waals surface area contributed by atoms with Gasteiger partial charge in [0.2, 0.25) is 0 Å². The van der Waals surface area contributed by atoms with Crippen LogP contribution in [0.25, 0.3) is 66.1 Å². The second-order valence-corrected chi connectivity index (χ2v) is 12.9. The molecule has 8 aromatic carbocycles. The number of hydrogen-bond donors (Lipinski definition) is 1. The molecule has 9 rings (SSSR count). The van der Waals surface area contributed by atoms with Crippen molar-refractivity contribution in [3.05, 3.63) is 205 Å². The van der Waals surface area contributed by atoms with Gasteiger partial charge < -0.3 is 4.42 Å². The Hall–Kier alpha value is -7.17. The van der Waals surface area contributed by atoms with E-state index in [4.69, 9.17) is 14.4 Å². The minimum atomic E-state index is 0.0767. The fourth-order valence-electron chi connectivity index (χ4n) is 7.12. The maximum Gasteiger partial charge on any atom is 0.161 e. The van der Waals surface area contributed by atoms with Gasteiger partial charge in [0.25, 0.3) is 0 Å². The van der Waals surface area contributed by atoms with Crippen molar-refractivity contribution in [2.24, 2.45) is 9.98 Å². The molecule has 0 bridgehead atoms. The van der Waals surface area contributed by atoms with Crippen LogP contribution >= 0.6 is 0 Å². The molecule has 0 aliphatic heterocycles. The lowest BCUT2D eigenvalue weighted by Gasteiger charge is -2.17. The first-order valence-electron chi connectivity index (χ1n) is 17.7. The summed E-state index contributed by atoms with van der Waals surface area (Å²) < 4.78 is 6.26. The highest BCUT2D eigenvalue weighted by Gasteiger charge is 2.17. The van der Waals surface area contributed by atoms with Crippen molar-refractivity contribution in [2.45, 2.75) is 0 Å². The molecule has 4 nitrogen and oxygen atoms in total. The Balaban J connectivity index is 1.17. The summed E-state index contributed by atoms with van der Waals surface area (Å²) in [6.07, 6.45) is 1.80. The summed E-state index contributed by atoms with van der Waals surface area (Å²) >= 11 is 0. The quantitative estimate of drug-likeness (QED) is 0.138. The fraction of sp³-hybridized carbons (Fsp3) is 0.